The minimum absolute atomic E-state index is 0.344. The number of aryl methyl sites for hydroxylation is 2. The normalized spacial score (nSPS) is 10.4. The highest BCUT2D eigenvalue weighted by atomic mass is 127. The maximum Gasteiger partial charge on any atom is 0.120 e. The summed E-state index contributed by atoms with van der Waals surface area (Å²) in [7, 11) is 0. The number of anilines is 1. The second-order valence-corrected chi connectivity index (χ2v) is 5.69. The molecule has 0 unspecified atom stereocenters. The van der Waals surface area contributed by atoms with E-state index in [0.29, 0.717) is 12.3 Å². The van der Waals surface area contributed by atoms with Crippen LogP contribution >= 0.6 is 22.6 Å². The molecule has 0 saturated carbocycles. The summed E-state index contributed by atoms with van der Waals surface area (Å²) in [6.45, 7) is 4.74. The molecule has 0 heterocycles. The first-order valence-electron chi connectivity index (χ1n) is 5.85. The summed E-state index contributed by atoms with van der Waals surface area (Å²) < 4.78 is 1.20. The van der Waals surface area contributed by atoms with E-state index in [-0.39, 0.29) is 0 Å². The second-order valence-electron chi connectivity index (χ2n) is 4.44. The average Bonchev–Trinajstić information content (AvgIpc) is 2.34. The molecule has 0 bridgehead atoms. The first kappa shape index (κ1) is 13.2. The maximum atomic E-state index is 9.80. The highest BCUT2D eigenvalue weighted by Crippen LogP contribution is 2.22. The smallest absolute Gasteiger partial charge is 0.120 e. The molecule has 0 aliphatic carbocycles. The van der Waals surface area contributed by atoms with E-state index in [4.69, 9.17) is 0 Å². The highest BCUT2D eigenvalue weighted by molar-refractivity contribution is 14.1. The lowest BCUT2D eigenvalue weighted by Gasteiger charge is -2.11. The van der Waals surface area contributed by atoms with Crippen molar-refractivity contribution in [3.05, 3.63) is 56.7 Å². The van der Waals surface area contributed by atoms with Crippen LogP contribution in [-0.4, -0.2) is 5.11 Å². The zero-order valence-electron chi connectivity index (χ0n) is 10.5. The van der Waals surface area contributed by atoms with Crippen LogP contribution < -0.4 is 5.32 Å². The van der Waals surface area contributed by atoms with E-state index in [0.717, 1.165) is 16.8 Å². The van der Waals surface area contributed by atoms with Crippen molar-refractivity contribution in [1.29, 1.82) is 0 Å². The molecule has 0 aliphatic heterocycles. The van der Waals surface area contributed by atoms with E-state index < -0.39 is 0 Å². The van der Waals surface area contributed by atoms with Crippen LogP contribution in [-0.2, 0) is 6.54 Å². The molecular weight excluding hydrogens is 337 g/mol. The molecule has 0 saturated heterocycles. The van der Waals surface area contributed by atoms with Crippen molar-refractivity contribution in [3.8, 4) is 5.75 Å². The molecule has 0 aliphatic rings. The summed E-state index contributed by atoms with van der Waals surface area (Å²) in [6, 6.07) is 12.0. The number of phenolic OH excluding ortho intramolecular Hbond substituents is 1. The Labute approximate surface area is 121 Å². The van der Waals surface area contributed by atoms with Crippen LogP contribution in [0.3, 0.4) is 0 Å². The van der Waals surface area contributed by atoms with Crippen LogP contribution in [0.5, 0.6) is 5.75 Å². The van der Waals surface area contributed by atoms with Crippen LogP contribution in [0.4, 0.5) is 5.69 Å². The summed E-state index contributed by atoms with van der Waals surface area (Å²) in [5.74, 6) is 0.344. The molecule has 0 atom stereocenters. The van der Waals surface area contributed by atoms with Gasteiger partial charge in [0.2, 0.25) is 0 Å². The molecule has 0 spiro atoms. The molecule has 2 nitrogen and oxygen atoms in total. The van der Waals surface area contributed by atoms with Gasteiger partial charge in [-0.3, -0.25) is 0 Å². The molecule has 18 heavy (non-hydrogen) atoms. The third-order valence-electron chi connectivity index (χ3n) is 2.90. The standard InChI is InChI=1S/C15H16INO/c1-10-3-6-15(18)12(7-10)9-17-14-8-13(16)5-4-11(14)2/h3-8,17-18H,9H2,1-2H3. The van der Waals surface area contributed by atoms with Crippen molar-refractivity contribution >= 4 is 28.3 Å². The summed E-state index contributed by atoms with van der Waals surface area (Å²) in [5, 5.41) is 13.2. The zero-order chi connectivity index (χ0) is 13.1. The van der Waals surface area contributed by atoms with E-state index in [1.807, 2.05) is 19.1 Å². The van der Waals surface area contributed by atoms with Crippen LogP contribution in [0, 0.1) is 17.4 Å². The molecule has 3 heteroatoms. The molecule has 2 aromatic rings. The van der Waals surface area contributed by atoms with Crippen molar-refractivity contribution in [2.45, 2.75) is 20.4 Å². The third kappa shape index (κ3) is 3.16. The number of benzene rings is 2. The van der Waals surface area contributed by atoms with Crippen LogP contribution in [0.1, 0.15) is 16.7 Å². The van der Waals surface area contributed by atoms with Gasteiger partial charge < -0.3 is 10.4 Å². The van der Waals surface area contributed by atoms with Crippen molar-refractivity contribution in [2.24, 2.45) is 0 Å². The molecule has 0 radical (unpaired) electrons. The predicted molar refractivity (Wildman–Crippen MR) is 84.1 cm³/mol. The second kappa shape index (κ2) is 5.61. The van der Waals surface area contributed by atoms with Gasteiger partial charge in [0.05, 0.1) is 0 Å². The number of hydrogen-bond acceptors (Lipinski definition) is 2. The number of phenols is 1. The lowest BCUT2D eigenvalue weighted by atomic mass is 10.1. The highest BCUT2D eigenvalue weighted by Gasteiger charge is 2.03. The number of rotatable bonds is 3. The lowest BCUT2D eigenvalue weighted by Crippen LogP contribution is -2.02. The minimum atomic E-state index is 0.344. The summed E-state index contributed by atoms with van der Waals surface area (Å²) in [4.78, 5) is 0. The van der Waals surface area contributed by atoms with E-state index in [2.05, 4.69) is 53.0 Å². The van der Waals surface area contributed by atoms with Gasteiger partial charge >= 0.3 is 0 Å². The van der Waals surface area contributed by atoms with Gasteiger partial charge in [-0.05, 0) is 60.2 Å². The first-order chi connectivity index (χ1) is 8.56. The molecule has 2 rings (SSSR count). The van der Waals surface area contributed by atoms with Crippen molar-refractivity contribution in [3.63, 3.8) is 0 Å². The van der Waals surface area contributed by atoms with Gasteiger partial charge in [0.15, 0.2) is 0 Å². The largest absolute Gasteiger partial charge is 0.508 e. The van der Waals surface area contributed by atoms with Crippen LogP contribution in [0.25, 0.3) is 0 Å². The van der Waals surface area contributed by atoms with Crippen LogP contribution in [0.15, 0.2) is 36.4 Å². The predicted octanol–water partition coefficient (Wildman–Crippen LogP) is 4.23. The Bertz CT molecular complexity index is 515. The first-order valence-corrected chi connectivity index (χ1v) is 6.92. The average molecular weight is 353 g/mol. The van der Waals surface area contributed by atoms with Gasteiger partial charge in [-0.1, -0.05) is 23.8 Å². The SMILES string of the molecule is Cc1ccc(O)c(CNc2cc(I)ccc2C)c1. The molecule has 0 fully saturated rings. The Kier molecular flexibility index (Phi) is 4.11. The Morgan fingerprint density at radius 2 is 1.89 bits per heavy atom. The van der Waals surface area contributed by atoms with Gasteiger partial charge in [0.1, 0.15) is 5.75 Å². The Morgan fingerprint density at radius 3 is 2.67 bits per heavy atom. The van der Waals surface area contributed by atoms with E-state index in [1.54, 1.807) is 6.07 Å². The van der Waals surface area contributed by atoms with Crippen molar-refractivity contribution < 1.29 is 5.11 Å². The van der Waals surface area contributed by atoms with Gasteiger partial charge in [0, 0.05) is 21.4 Å². The number of hydrogen-bond donors (Lipinski definition) is 2. The fraction of sp³-hybridized carbons (Fsp3) is 0.200. The van der Waals surface area contributed by atoms with Crippen molar-refractivity contribution in [2.75, 3.05) is 5.32 Å². The van der Waals surface area contributed by atoms with E-state index in [9.17, 15) is 5.11 Å². The Balaban J connectivity index is 2.16. The lowest BCUT2D eigenvalue weighted by molar-refractivity contribution is 0.469. The van der Waals surface area contributed by atoms with Gasteiger partial charge in [-0.25, -0.2) is 0 Å². The maximum absolute atomic E-state index is 9.80. The Morgan fingerprint density at radius 1 is 1.11 bits per heavy atom. The molecule has 2 N–H and O–H groups in total. The molecule has 0 aromatic heterocycles. The van der Waals surface area contributed by atoms with Crippen LogP contribution in [0.2, 0.25) is 0 Å². The van der Waals surface area contributed by atoms with Crippen molar-refractivity contribution in [1.82, 2.24) is 0 Å². The monoisotopic (exact) mass is 353 g/mol. The number of nitrogens with one attached hydrogen (secondary N) is 1. The zero-order valence-corrected chi connectivity index (χ0v) is 12.7. The van der Waals surface area contributed by atoms with Gasteiger partial charge in [-0.2, -0.15) is 0 Å². The summed E-state index contributed by atoms with van der Waals surface area (Å²) >= 11 is 2.30. The molecular formula is C15H16INO. The fourth-order valence-corrected chi connectivity index (χ4v) is 2.32. The summed E-state index contributed by atoms with van der Waals surface area (Å²) in [6.07, 6.45) is 0. The Hall–Kier alpha value is -1.23. The van der Waals surface area contributed by atoms with E-state index in [1.165, 1.54) is 9.13 Å². The molecule has 2 aromatic carbocycles. The van der Waals surface area contributed by atoms with Gasteiger partial charge in [-0.15, -0.1) is 0 Å². The fourth-order valence-electron chi connectivity index (χ4n) is 1.83. The topological polar surface area (TPSA) is 32.3 Å². The molecule has 0 amide bonds. The molecule has 94 valence electrons. The van der Waals surface area contributed by atoms with E-state index >= 15 is 0 Å². The number of aromatic hydroxyl groups is 1. The van der Waals surface area contributed by atoms with Gasteiger partial charge in [0.25, 0.3) is 0 Å². The quantitative estimate of drug-likeness (QED) is 0.810. The third-order valence-corrected chi connectivity index (χ3v) is 3.57. The number of halogens is 1. The summed E-state index contributed by atoms with van der Waals surface area (Å²) in [5.41, 5.74) is 4.41. The minimum Gasteiger partial charge on any atom is -0.508 e.